The first-order valence-electron chi connectivity index (χ1n) is 9.55. The lowest BCUT2D eigenvalue weighted by Gasteiger charge is -2.18. The minimum atomic E-state index is -0.235. The van der Waals surface area contributed by atoms with Gasteiger partial charge in [-0.15, -0.1) is 0 Å². The standard InChI is InChI=1S/C21H23FN4O2/c22-16-5-7-17(8-6-16)25-11-9-15(14-25)13-23-20(27)10-12-26-19-4-2-1-3-18(19)24-21(26)28/h1-8,15H,9-14H2,(H,23,27)(H,24,28)/t15-/m1/s1. The summed E-state index contributed by atoms with van der Waals surface area (Å²) in [6, 6.07) is 14.0. The molecule has 2 heterocycles. The van der Waals surface area contributed by atoms with E-state index < -0.39 is 0 Å². The highest BCUT2D eigenvalue weighted by Gasteiger charge is 2.23. The summed E-state index contributed by atoms with van der Waals surface area (Å²) in [6.07, 6.45) is 1.25. The Kier molecular flexibility index (Phi) is 5.14. The summed E-state index contributed by atoms with van der Waals surface area (Å²) < 4.78 is 14.7. The van der Waals surface area contributed by atoms with Crippen LogP contribution in [0.25, 0.3) is 11.0 Å². The van der Waals surface area contributed by atoms with E-state index in [1.165, 1.54) is 12.1 Å². The fraction of sp³-hybridized carbons (Fsp3) is 0.333. The number of amides is 1. The van der Waals surface area contributed by atoms with Crippen LogP contribution in [0.3, 0.4) is 0 Å². The van der Waals surface area contributed by atoms with Gasteiger partial charge in [-0.1, -0.05) is 12.1 Å². The molecule has 3 aromatic rings. The number of imidazole rings is 1. The van der Waals surface area contributed by atoms with Crippen LogP contribution in [0.4, 0.5) is 10.1 Å². The number of halogens is 1. The third-order valence-corrected chi connectivity index (χ3v) is 5.31. The molecule has 6 nitrogen and oxygen atoms in total. The van der Waals surface area contributed by atoms with Crippen molar-refractivity contribution in [2.45, 2.75) is 19.4 Å². The van der Waals surface area contributed by atoms with Crippen LogP contribution in [0.1, 0.15) is 12.8 Å². The van der Waals surface area contributed by atoms with E-state index in [0.29, 0.717) is 19.0 Å². The number of hydrogen-bond acceptors (Lipinski definition) is 3. The summed E-state index contributed by atoms with van der Waals surface area (Å²) in [7, 11) is 0. The molecule has 0 spiro atoms. The van der Waals surface area contributed by atoms with Crippen molar-refractivity contribution < 1.29 is 9.18 Å². The van der Waals surface area contributed by atoms with Gasteiger partial charge in [0, 0.05) is 38.3 Å². The van der Waals surface area contributed by atoms with Crippen molar-refractivity contribution >= 4 is 22.6 Å². The predicted octanol–water partition coefficient (Wildman–Crippen LogP) is 2.50. The number of carbonyl (C=O) groups is 1. The molecule has 2 aromatic carbocycles. The molecule has 0 unspecified atom stereocenters. The second-order valence-electron chi connectivity index (χ2n) is 7.23. The first-order valence-corrected chi connectivity index (χ1v) is 9.55. The molecule has 1 fully saturated rings. The number of nitrogens with zero attached hydrogens (tertiary/aromatic N) is 2. The quantitative estimate of drug-likeness (QED) is 0.688. The fourth-order valence-corrected chi connectivity index (χ4v) is 3.77. The van der Waals surface area contributed by atoms with E-state index in [9.17, 15) is 14.0 Å². The van der Waals surface area contributed by atoms with Gasteiger partial charge < -0.3 is 15.2 Å². The van der Waals surface area contributed by atoms with Crippen molar-refractivity contribution in [3.63, 3.8) is 0 Å². The average molecular weight is 382 g/mol. The maximum Gasteiger partial charge on any atom is 0.326 e. The molecule has 0 saturated carbocycles. The van der Waals surface area contributed by atoms with Crippen LogP contribution in [0, 0.1) is 11.7 Å². The Morgan fingerprint density at radius 3 is 2.79 bits per heavy atom. The Morgan fingerprint density at radius 1 is 1.18 bits per heavy atom. The van der Waals surface area contributed by atoms with Gasteiger partial charge in [-0.2, -0.15) is 0 Å². The second kappa shape index (κ2) is 7.88. The van der Waals surface area contributed by atoms with Gasteiger partial charge in [-0.3, -0.25) is 9.36 Å². The molecule has 1 saturated heterocycles. The lowest BCUT2D eigenvalue weighted by atomic mass is 10.1. The van der Waals surface area contributed by atoms with Crippen LogP contribution in [0.2, 0.25) is 0 Å². The molecule has 7 heteroatoms. The monoisotopic (exact) mass is 382 g/mol. The number of anilines is 1. The number of para-hydroxylation sites is 2. The van der Waals surface area contributed by atoms with Gasteiger partial charge in [0.1, 0.15) is 5.82 Å². The van der Waals surface area contributed by atoms with Gasteiger partial charge in [0.15, 0.2) is 0 Å². The predicted molar refractivity (Wildman–Crippen MR) is 107 cm³/mol. The van der Waals surface area contributed by atoms with Crippen LogP contribution in [0.15, 0.2) is 53.3 Å². The van der Waals surface area contributed by atoms with E-state index in [1.807, 2.05) is 24.3 Å². The number of fused-ring (bicyclic) bond motifs is 1. The highest BCUT2D eigenvalue weighted by atomic mass is 19.1. The number of nitrogens with one attached hydrogen (secondary N) is 2. The van der Waals surface area contributed by atoms with Crippen molar-refractivity contribution in [2.75, 3.05) is 24.5 Å². The molecule has 4 rings (SSSR count). The third kappa shape index (κ3) is 3.93. The van der Waals surface area contributed by atoms with Crippen molar-refractivity contribution in [3.05, 3.63) is 64.8 Å². The van der Waals surface area contributed by atoms with Crippen LogP contribution < -0.4 is 15.9 Å². The summed E-state index contributed by atoms with van der Waals surface area (Å²) in [6.45, 7) is 2.70. The van der Waals surface area contributed by atoms with E-state index in [-0.39, 0.29) is 23.8 Å². The van der Waals surface area contributed by atoms with E-state index >= 15 is 0 Å². The highest BCUT2D eigenvalue weighted by Crippen LogP contribution is 2.23. The van der Waals surface area contributed by atoms with E-state index in [1.54, 1.807) is 16.7 Å². The number of aromatic nitrogens is 2. The number of aromatic amines is 1. The normalized spacial score (nSPS) is 16.6. The van der Waals surface area contributed by atoms with Gasteiger partial charge in [0.25, 0.3) is 0 Å². The molecule has 28 heavy (non-hydrogen) atoms. The largest absolute Gasteiger partial charge is 0.371 e. The van der Waals surface area contributed by atoms with Crippen LogP contribution >= 0.6 is 0 Å². The Bertz CT molecular complexity index is 1020. The molecular weight excluding hydrogens is 359 g/mol. The first-order chi connectivity index (χ1) is 13.6. The number of H-pyrrole nitrogens is 1. The van der Waals surface area contributed by atoms with Crippen LogP contribution in [0.5, 0.6) is 0 Å². The molecular formula is C21H23FN4O2. The summed E-state index contributed by atoms with van der Waals surface area (Å²) >= 11 is 0. The first kappa shape index (κ1) is 18.3. The summed E-state index contributed by atoms with van der Waals surface area (Å²) in [5.74, 6) is 0.0725. The van der Waals surface area contributed by atoms with Crippen LogP contribution in [-0.4, -0.2) is 35.1 Å². The molecule has 1 aromatic heterocycles. The molecule has 0 bridgehead atoms. The fourth-order valence-electron chi connectivity index (χ4n) is 3.77. The van der Waals surface area contributed by atoms with Gasteiger partial charge in [0.2, 0.25) is 5.91 Å². The smallest absolute Gasteiger partial charge is 0.326 e. The maximum absolute atomic E-state index is 13.1. The van der Waals surface area contributed by atoms with Gasteiger partial charge >= 0.3 is 5.69 Å². The lowest BCUT2D eigenvalue weighted by molar-refractivity contribution is -0.121. The van der Waals surface area contributed by atoms with Gasteiger partial charge in [0.05, 0.1) is 11.0 Å². The molecule has 1 amide bonds. The van der Waals surface area contributed by atoms with E-state index in [0.717, 1.165) is 36.2 Å². The molecule has 0 radical (unpaired) electrons. The minimum Gasteiger partial charge on any atom is -0.371 e. The highest BCUT2D eigenvalue weighted by molar-refractivity contribution is 5.77. The zero-order valence-electron chi connectivity index (χ0n) is 15.5. The van der Waals surface area contributed by atoms with Gasteiger partial charge in [-0.25, -0.2) is 9.18 Å². The molecule has 1 aliphatic rings. The zero-order chi connectivity index (χ0) is 19.5. The zero-order valence-corrected chi connectivity index (χ0v) is 15.5. The number of benzene rings is 2. The topological polar surface area (TPSA) is 70.1 Å². The molecule has 0 aliphatic carbocycles. The summed E-state index contributed by atoms with van der Waals surface area (Å²) in [4.78, 5) is 29.3. The molecule has 2 N–H and O–H groups in total. The number of aryl methyl sites for hydroxylation is 1. The Hall–Kier alpha value is -3.09. The number of carbonyl (C=O) groups excluding carboxylic acids is 1. The number of rotatable bonds is 6. The Balaban J connectivity index is 1.26. The Labute approximate surface area is 162 Å². The summed E-state index contributed by atoms with van der Waals surface area (Å²) in [5, 5.41) is 2.98. The van der Waals surface area contributed by atoms with E-state index in [2.05, 4.69) is 15.2 Å². The van der Waals surface area contributed by atoms with Crippen molar-refractivity contribution in [1.82, 2.24) is 14.9 Å². The Morgan fingerprint density at radius 2 is 1.96 bits per heavy atom. The average Bonchev–Trinajstić information content (AvgIpc) is 3.29. The van der Waals surface area contributed by atoms with Crippen molar-refractivity contribution in [2.24, 2.45) is 5.92 Å². The minimum absolute atomic E-state index is 0.0580. The maximum atomic E-state index is 13.1. The molecule has 1 atom stereocenters. The second-order valence-corrected chi connectivity index (χ2v) is 7.23. The van der Waals surface area contributed by atoms with Gasteiger partial charge in [-0.05, 0) is 48.7 Å². The molecule has 146 valence electrons. The SMILES string of the molecule is O=C(CCn1c(=O)[nH]c2ccccc21)NC[C@H]1CCN(c2ccc(F)cc2)C1. The van der Waals surface area contributed by atoms with E-state index in [4.69, 9.17) is 0 Å². The van der Waals surface area contributed by atoms with Crippen molar-refractivity contribution in [3.8, 4) is 0 Å². The van der Waals surface area contributed by atoms with Crippen LogP contribution in [-0.2, 0) is 11.3 Å². The molecule has 1 aliphatic heterocycles. The third-order valence-electron chi connectivity index (χ3n) is 5.31. The summed E-state index contributed by atoms with van der Waals surface area (Å²) in [5.41, 5.74) is 2.40. The lowest BCUT2D eigenvalue weighted by Crippen LogP contribution is -2.32. The van der Waals surface area contributed by atoms with Crippen molar-refractivity contribution in [1.29, 1.82) is 0 Å². The number of hydrogen-bond donors (Lipinski definition) is 2.